The first kappa shape index (κ1) is 22.9. The second kappa shape index (κ2) is 12.3. The highest BCUT2D eigenvalue weighted by Gasteiger charge is 2.03. The molecule has 2 aromatic rings. The largest absolute Gasteiger partial charge is 0.357 e. The molecule has 6 nitrogen and oxygen atoms in total. The summed E-state index contributed by atoms with van der Waals surface area (Å²) in [7, 11) is 0. The fourth-order valence-electron chi connectivity index (χ4n) is 3.30. The lowest BCUT2D eigenvalue weighted by Gasteiger charge is -2.18. The van der Waals surface area contributed by atoms with Gasteiger partial charge in [0.05, 0.1) is 12.2 Å². The standard InChI is InChI=1S/C23H38N6/c1-6-24-23(25-14-9-15-29-20(5)16-19(4)27-29)26-17-21-10-12-22(13-11-21)18-28(7-2)8-3/h10-13,16H,6-9,14-15,17-18H2,1-5H3,(H2,24,25,26). The van der Waals surface area contributed by atoms with Gasteiger partial charge in [-0.05, 0) is 57.5 Å². The van der Waals surface area contributed by atoms with E-state index in [-0.39, 0.29) is 0 Å². The van der Waals surface area contributed by atoms with E-state index in [1.807, 2.05) is 6.92 Å². The Morgan fingerprint density at radius 3 is 2.31 bits per heavy atom. The summed E-state index contributed by atoms with van der Waals surface area (Å²) >= 11 is 0. The third-order valence-corrected chi connectivity index (χ3v) is 5.03. The number of benzene rings is 1. The van der Waals surface area contributed by atoms with Crippen molar-refractivity contribution in [1.82, 2.24) is 25.3 Å². The van der Waals surface area contributed by atoms with Crippen molar-refractivity contribution < 1.29 is 0 Å². The fraction of sp³-hybridized carbons (Fsp3) is 0.565. The van der Waals surface area contributed by atoms with Crippen LogP contribution in [0.4, 0.5) is 0 Å². The van der Waals surface area contributed by atoms with Gasteiger partial charge in [0.2, 0.25) is 0 Å². The van der Waals surface area contributed by atoms with Crippen LogP contribution >= 0.6 is 0 Å². The van der Waals surface area contributed by atoms with E-state index in [9.17, 15) is 0 Å². The topological polar surface area (TPSA) is 57.5 Å². The quantitative estimate of drug-likeness (QED) is 0.346. The highest BCUT2D eigenvalue weighted by atomic mass is 15.3. The van der Waals surface area contributed by atoms with Crippen molar-refractivity contribution in [2.24, 2.45) is 4.99 Å². The van der Waals surface area contributed by atoms with Gasteiger partial charge < -0.3 is 10.6 Å². The summed E-state index contributed by atoms with van der Waals surface area (Å²) in [6.45, 7) is 17.1. The van der Waals surface area contributed by atoms with Crippen LogP contribution in [0.25, 0.3) is 0 Å². The maximum atomic E-state index is 4.73. The molecule has 0 atom stereocenters. The Labute approximate surface area is 176 Å². The lowest BCUT2D eigenvalue weighted by Crippen LogP contribution is -2.38. The number of aromatic nitrogens is 2. The first-order valence-corrected chi connectivity index (χ1v) is 10.9. The summed E-state index contributed by atoms with van der Waals surface area (Å²) in [6, 6.07) is 10.9. The summed E-state index contributed by atoms with van der Waals surface area (Å²) in [4.78, 5) is 7.16. The van der Waals surface area contributed by atoms with Crippen LogP contribution in [0.15, 0.2) is 35.3 Å². The van der Waals surface area contributed by atoms with Gasteiger partial charge in [0.15, 0.2) is 5.96 Å². The summed E-state index contributed by atoms with van der Waals surface area (Å²) in [5.41, 5.74) is 4.88. The molecule has 0 fully saturated rings. The van der Waals surface area contributed by atoms with Crippen molar-refractivity contribution in [2.45, 2.75) is 60.7 Å². The van der Waals surface area contributed by atoms with Gasteiger partial charge >= 0.3 is 0 Å². The summed E-state index contributed by atoms with van der Waals surface area (Å²) in [5, 5.41) is 11.3. The van der Waals surface area contributed by atoms with Crippen LogP contribution in [0.3, 0.4) is 0 Å². The third kappa shape index (κ3) is 7.89. The van der Waals surface area contributed by atoms with Gasteiger partial charge in [-0.15, -0.1) is 0 Å². The molecule has 0 saturated heterocycles. The molecule has 0 bridgehead atoms. The van der Waals surface area contributed by atoms with E-state index >= 15 is 0 Å². The molecule has 2 rings (SSSR count). The minimum Gasteiger partial charge on any atom is -0.357 e. The number of hydrogen-bond donors (Lipinski definition) is 2. The Morgan fingerprint density at radius 2 is 1.72 bits per heavy atom. The summed E-state index contributed by atoms with van der Waals surface area (Å²) in [5.74, 6) is 0.869. The van der Waals surface area contributed by atoms with Gasteiger partial charge in [-0.2, -0.15) is 5.10 Å². The number of rotatable bonds is 11. The molecule has 0 spiro atoms. The molecule has 1 aromatic heterocycles. The summed E-state index contributed by atoms with van der Waals surface area (Å²) < 4.78 is 2.07. The van der Waals surface area contributed by atoms with E-state index in [4.69, 9.17) is 4.99 Å². The van der Waals surface area contributed by atoms with Crippen LogP contribution in [-0.4, -0.2) is 46.8 Å². The highest BCUT2D eigenvalue weighted by Crippen LogP contribution is 2.08. The minimum absolute atomic E-state index is 0.679. The molecule has 0 aliphatic carbocycles. The van der Waals surface area contributed by atoms with E-state index in [0.717, 1.165) is 57.3 Å². The molecule has 0 aliphatic rings. The van der Waals surface area contributed by atoms with Crippen LogP contribution in [0.2, 0.25) is 0 Å². The molecular formula is C23H38N6. The lowest BCUT2D eigenvalue weighted by atomic mass is 10.1. The Bertz CT molecular complexity index is 743. The molecule has 0 saturated carbocycles. The number of guanidine groups is 1. The van der Waals surface area contributed by atoms with E-state index in [1.165, 1.54) is 16.8 Å². The van der Waals surface area contributed by atoms with Crippen LogP contribution in [-0.2, 0) is 19.6 Å². The third-order valence-electron chi connectivity index (χ3n) is 5.03. The maximum absolute atomic E-state index is 4.73. The zero-order valence-electron chi connectivity index (χ0n) is 18.8. The number of nitrogens with one attached hydrogen (secondary N) is 2. The molecule has 160 valence electrons. The first-order chi connectivity index (χ1) is 14.0. The highest BCUT2D eigenvalue weighted by molar-refractivity contribution is 5.79. The van der Waals surface area contributed by atoms with Crippen molar-refractivity contribution in [3.8, 4) is 0 Å². The average molecular weight is 399 g/mol. The molecule has 2 N–H and O–H groups in total. The van der Waals surface area contributed by atoms with Gasteiger partial charge in [-0.25, -0.2) is 4.99 Å². The number of aliphatic imine (C=N–C) groups is 1. The fourth-order valence-corrected chi connectivity index (χ4v) is 3.30. The van der Waals surface area contributed by atoms with E-state index < -0.39 is 0 Å². The van der Waals surface area contributed by atoms with Crippen molar-refractivity contribution in [2.75, 3.05) is 26.2 Å². The van der Waals surface area contributed by atoms with Crippen molar-refractivity contribution in [3.63, 3.8) is 0 Å². The Hall–Kier alpha value is -2.34. The molecule has 6 heteroatoms. The smallest absolute Gasteiger partial charge is 0.191 e. The average Bonchev–Trinajstić information content (AvgIpc) is 3.05. The van der Waals surface area contributed by atoms with E-state index in [0.29, 0.717) is 6.54 Å². The Balaban J connectivity index is 1.82. The predicted octanol–water partition coefficient (Wildman–Crippen LogP) is 3.49. The SMILES string of the molecule is CCNC(=NCc1ccc(CN(CC)CC)cc1)NCCCn1nc(C)cc1C. The number of hydrogen-bond acceptors (Lipinski definition) is 3. The first-order valence-electron chi connectivity index (χ1n) is 10.9. The molecule has 0 radical (unpaired) electrons. The molecule has 0 aliphatic heterocycles. The van der Waals surface area contributed by atoms with Crippen LogP contribution in [0.1, 0.15) is 49.7 Å². The van der Waals surface area contributed by atoms with Gasteiger partial charge in [0.1, 0.15) is 0 Å². The van der Waals surface area contributed by atoms with Crippen LogP contribution < -0.4 is 10.6 Å². The minimum atomic E-state index is 0.679. The van der Waals surface area contributed by atoms with E-state index in [2.05, 4.69) is 83.3 Å². The zero-order chi connectivity index (χ0) is 21.1. The van der Waals surface area contributed by atoms with Crippen LogP contribution in [0.5, 0.6) is 0 Å². The normalized spacial score (nSPS) is 11.9. The Morgan fingerprint density at radius 1 is 1.03 bits per heavy atom. The van der Waals surface area contributed by atoms with Gasteiger partial charge in [-0.3, -0.25) is 9.58 Å². The van der Waals surface area contributed by atoms with E-state index in [1.54, 1.807) is 0 Å². The van der Waals surface area contributed by atoms with Gasteiger partial charge in [0, 0.05) is 31.9 Å². The lowest BCUT2D eigenvalue weighted by molar-refractivity contribution is 0.296. The molecule has 0 amide bonds. The molecule has 1 aromatic carbocycles. The zero-order valence-corrected chi connectivity index (χ0v) is 18.8. The van der Waals surface area contributed by atoms with Crippen molar-refractivity contribution in [1.29, 1.82) is 0 Å². The predicted molar refractivity (Wildman–Crippen MR) is 122 cm³/mol. The second-order valence-electron chi connectivity index (χ2n) is 7.40. The number of aryl methyl sites for hydroxylation is 3. The van der Waals surface area contributed by atoms with Gasteiger partial charge in [0.25, 0.3) is 0 Å². The van der Waals surface area contributed by atoms with Crippen molar-refractivity contribution >= 4 is 5.96 Å². The molecule has 0 unspecified atom stereocenters. The monoisotopic (exact) mass is 398 g/mol. The second-order valence-corrected chi connectivity index (χ2v) is 7.40. The van der Waals surface area contributed by atoms with Gasteiger partial charge in [-0.1, -0.05) is 38.1 Å². The molecule has 29 heavy (non-hydrogen) atoms. The molecular weight excluding hydrogens is 360 g/mol. The van der Waals surface area contributed by atoms with Crippen LogP contribution in [0, 0.1) is 13.8 Å². The van der Waals surface area contributed by atoms with Crippen molar-refractivity contribution in [3.05, 3.63) is 52.8 Å². The number of nitrogens with zero attached hydrogens (tertiary/aromatic N) is 4. The Kier molecular flexibility index (Phi) is 9.71. The molecule has 1 heterocycles. The summed E-state index contributed by atoms with van der Waals surface area (Å²) in [6.07, 6.45) is 1.01. The maximum Gasteiger partial charge on any atom is 0.191 e.